The third-order valence-electron chi connectivity index (χ3n) is 2.09. The van der Waals surface area contributed by atoms with Crippen LogP contribution >= 0.6 is 0 Å². The number of primary amides is 1. The van der Waals surface area contributed by atoms with Crippen LogP contribution in [0, 0.1) is 5.82 Å². The largest absolute Gasteiger partial charge is 0.370 e. The monoisotopic (exact) mass is 235 g/mol. The second-order valence-corrected chi connectivity index (χ2v) is 3.44. The fourth-order valence-corrected chi connectivity index (χ4v) is 1.29. The maximum Gasteiger partial charge on any atom is 0.219 e. The first-order valence-electron chi connectivity index (χ1n) is 4.97. The van der Waals surface area contributed by atoms with Crippen LogP contribution in [-0.2, 0) is 11.3 Å². The molecule has 0 saturated carbocycles. The first-order valence-corrected chi connectivity index (χ1v) is 4.97. The van der Waals surface area contributed by atoms with Gasteiger partial charge in [-0.1, -0.05) is 12.1 Å². The molecule has 0 aliphatic heterocycles. The second kappa shape index (κ2) is 4.69. The van der Waals surface area contributed by atoms with E-state index in [1.54, 1.807) is 12.1 Å². The van der Waals surface area contributed by atoms with Crippen molar-refractivity contribution in [3.8, 4) is 11.4 Å². The molecule has 0 saturated heterocycles. The van der Waals surface area contributed by atoms with Crippen molar-refractivity contribution in [2.45, 2.75) is 13.0 Å². The molecule has 0 aliphatic carbocycles. The molecule has 2 aromatic rings. The highest BCUT2D eigenvalue weighted by Crippen LogP contribution is 2.14. The predicted molar refractivity (Wildman–Crippen MR) is 57.0 cm³/mol. The molecule has 0 fully saturated rings. The Hall–Kier alpha value is -2.31. The van der Waals surface area contributed by atoms with Gasteiger partial charge in [-0.2, -0.15) is 4.80 Å². The van der Waals surface area contributed by atoms with Crippen LogP contribution in [0.2, 0.25) is 0 Å². The number of halogens is 1. The van der Waals surface area contributed by atoms with Crippen molar-refractivity contribution < 1.29 is 9.18 Å². The number of hydrogen-bond donors (Lipinski definition) is 1. The van der Waals surface area contributed by atoms with Crippen molar-refractivity contribution in [2.24, 2.45) is 5.73 Å². The van der Waals surface area contributed by atoms with Gasteiger partial charge < -0.3 is 5.73 Å². The molecule has 1 amide bonds. The standard InChI is InChI=1S/C10H10FN5O/c11-8-3-1-2-7(6-8)10-13-15-16(14-10)5-4-9(12)17/h1-3,6H,4-5H2,(H2,12,17). The first kappa shape index (κ1) is 11.2. The van der Waals surface area contributed by atoms with Crippen LogP contribution in [0.5, 0.6) is 0 Å². The topological polar surface area (TPSA) is 86.7 Å². The average molecular weight is 235 g/mol. The summed E-state index contributed by atoms with van der Waals surface area (Å²) in [6.07, 6.45) is 0.138. The molecule has 17 heavy (non-hydrogen) atoms. The van der Waals surface area contributed by atoms with Gasteiger partial charge in [0.1, 0.15) is 5.82 Å². The molecule has 0 spiro atoms. The highest BCUT2D eigenvalue weighted by molar-refractivity contribution is 5.73. The van der Waals surface area contributed by atoms with E-state index >= 15 is 0 Å². The van der Waals surface area contributed by atoms with E-state index in [0.29, 0.717) is 11.4 Å². The Labute approximate surface area is 96.2 Å². The second-order valence-electron chi connectivity index (χ2n) is 3.44. The maximum absolute atomic E-state index is 13.0. The van der Waals surface area contributed by atoms with Gasteiger partial charge in [-0.3, -0.25) is 4.79 Å². The molecule has 0 radical (unpaired) electrons. The molecule has 1 heterocycles. The van der Waals surface area contributed by atoms with E-state index in [0.717, 1.165) is 0 Å². The molecule has 0 aliphatic rings. The van der Waals surface area contributed by atoms with Crippen molar-refractivity contribution in [3.05, 3.63) is 30.1 Å². The normalized spacial score (nSPS) is 10.4. The number of benzene rings is 1. The van der Waals surface area contributed by atoms with E-state index in [4.69, 9.17) is 5.73 Å². The van der Waals surface area contributed by atoms with Gasteiger partial charge in [-0.05, 0) is 17.3 Å². The van der Waals surface area contributed by atoms with Crippen molar-refractivity contribution >= 4 is 5.91 Å². The molecular weight excluding hydrogens is 225 g/mol. The number of rotatable bonds is 4. The summed E-state index contributed by atoms with van der Waals surface area (Å²) in [5.41, 5.74) is 5.54. The number of carbonyl (C=O) groups is 1. The molecular formula is C10H10FN5O. The Morgan fingerprint density at radius 3 is 3.00 bits per heavy atom. The van der Waals surface area contributed by atoms with Crippen LogP contribution in [0.15, 0.2) is 24.3 Å². The summed E-state index contributed by atoms with van der Waals surface area (Å²) in [5, 5.41) is 11.5. The maximum atomic E-state index is 13.0. The van der Waals surface area contributed by atoms with Crippen molar-refractivity contribution in [1.82, 2.24) is 20.2 Å². The van der Waals surface area contributed by atoms with Gasteiger partial charge in [0.2, 0.25) is 11.7 Å². The molecule has 7 heteroatoms. The molecule has 1 aromatic heterocycles. The van der Waals surface area contributed by atoms with Gasteiger partial charge in [-0.15, -0.1) is 10.2 Å². The van der Waals surface area contributed by atoms with E-state index in [-0.39, 0.29) is 18.8 Å². The Kier molecular flexibility index (Phi) is 3.08. The zero-order valence-corrected chi connectivity index (χ0v) is 8.88. The zero-order valence-electron chi connectivity index (χ0n) is 8.88. The quantitative estimate of drug-likeness (QED) is 0.828. The van der Waals surface area contributed by atoms with E-state index < -0.39 is 5.91 Å². The van der Waals surface area contributed by atoms with Gasteiger partial charge in [-0.25, -0.2) is 4.39 Å². The number of tetrazole rings is 1. The molecule has 0 bridgehead atoms. The third-order valence-corrected chi connectivity index (χ3v) is 2.09. The van der Waals surface area contributed by atoms with Gasteiger partial charge in [0.05, 0.1) is 6.54 Å². The molecule has 6 nitrogen and oxygen atoms in total. The Bertz CT molecular complexity index is 539. The lowest BCUT2D eigenvalue weighted by Crippen LogP contribution is -2.15. The summed E-state index contributed by atoms with van der Waals surface area (Å²) in [4.78, 5) is 11.8. The minimum atomic E-state index is -0.436. The predicted octanol–water partition coefficient (Wildman–Crippen LogP) is 0.355. The van der Waals surface area contributed by atoms with E-state index in [1.807, 2.05) is 0 Å². The van der Waals surface area contributed by atoms with Crippen LogP contribution < -0.4 is 5.73 Å². The highest BCUT2D eigenvalue weighted by Gasteiger charge is 2.07. The van der Waals surface area contributed by atoms with Crippen molar-refractivity contribution in [2.75, 3.05) is 0 Å². The summed E-state index contributed by atoms with van der Waals surface area (Å²) in [6.45, 7) is 0.262. The van der Waals surface area contributed by atoms with Crippen LogP contribution in [0.1, 0.15) is 6.42 Å². The van der Waals surface area contributed by atoms with Crippen molar-refractivity contribution in [3.63, 3.8) is 0 Å². The van der Waals surface area contributed by atoms with Crippen molar-refractivity contribution in [1.29, 1.82) is 0 Å². The number of nitrogens with zero attached hydrogens (tertiary/aromatic N) is 4. The minimum absolute atomic E-state index is 0.138. The smallest absolute Gasteiger partial charge is 0.219 e. The van der Waals surface area contributed by atoms with Crippen LogP contribution in [-0.4, -0.2) is 26.1 Å². The van der Waals surface area contributed by atoms with E-state index in [2.05, 4.69) is 15.4 Å². The Morgan fingerprint density at radius 1 is 1.47 bits per heavy atom. The molecule has 0 atom stereocenters. The highest BCUT2D eigenvalue weighted by atomic mass is 19.1. The van der Waals surface area contributed by atoms with Gasteiger partial charge in [0.15, 0.2) is 0 Å². The van der Waals surface area contributed by atoms with Gasteiger partial charge >= 0.3 is 0 Å². The summed E-state index contributed by atoms with van der Waals surface area (Å²) >= 11 is 0. The van der Waals surface area contributed by atoms with Gasteiger partial charge in [0.25, 0.3) is 0 Å². The first-order chi connectivity index (χ1) is 8.15. The number of aromatic nitrogens is 4. The lowest BCUT2D eigenvalue weighted by Gasteiger charge is -1.95. The fraction of sp³-hybridized carbons (Fsp3) is 0.200. The minimum Gasteiger partial charge on any atom is -0.370 e. The number of hydrogen-bond acceptors (Lipinski definition) is 4. The lowest BCUT2D eigenvalue weighted by atomic mass is 10.2. The summed E-state index contributed by atoms with van der Waals surface area (Å²) < 4.78 is 13.0. The van der Waals surface area contributed by atoms with Crippen LogP contribution in [0.4, 0.5) is 4.39 Å². The molecule has 1 aromatic carbocycles. The summed E-state index contributed by atoms with van der Waals surface area (Å²) in [5.74, 6) is -0.487. The Balaban J connectivity index is 2.15. The van der Waals surface area contributed by atoms with E-state index in [1.165, 1.54) is 16.9 Å². The molecule has 2 N–H and O–H groups in total. The lowest BCUT2D eigenvalue weighted by molar-refractivity contribution is -0.118. The number of nitrogens with two attached hydrogens (primary N) is 1. The number of aryl methyl sites for hydroxylation is 1. The molecule has 88 valence electrons. The van der Waals surface area contributed by atoms with Crippen LogP contribution in [0.25, 0.3) is 11.4 Å². The molecule has 2 rings (SSSR count). The van der Waals surface area contributed by atoms with Gasteiger partial charge in [0, 0.05) is 12.0 Å². The third kappa shape index (κ3) is 2.83. The summed E-state index contributed by atoms with van der Waals surface area (Å²) in [7, 11) is 0. The number of amides is 1. The summed E-state index contributed by atoms with van der Waals surface area (Å²) in [6, 6.07) is 5.89. The fourth-order valence-electron chi connectivity index (χ4n) is 1.29. The number of carbonyl (C=O) groups excluding carboxylic acids is 1. The molecule has 0 unspecified atom stereocenters. The average Bonchev–Trinajstić information content (AvgIpc) is 2.75. The zero-order chi connectivity index (χ0) is 12.3. The SMILES string of the molecule is NC(=O)CCn1nnc(-c2cccc(F)c2)n1. The van der Waals surface area contributed by atoms with E-state index in [9.17, 15) is 9.18 Å². The Morgan fingerprint density at radius 2 is 2.29 bits per heavy atom. The van der Waals surface area contributed by atoms with Crippen LogP contribution in [0.3, 0.4) is 0 Å².